The first-order valence-electron chi connectivity index (χ1n) is 6.80. The zero-order chi connectivity index (χ0) is 15.5. The lowest BCUT2D eigenvalue weighted by atomic mass is 10.1. The third-order valence-electron chi connectivity index (χ3n) is 3.36. The smallest absolute Gasteiger partial charge is 0.267 e. The van der Waals surface area contributed by atoms with Gasteiger partial charge in [0.05, 0.1) is 0 Å². The molecule has 0 unspecified atom stereocenters. The number of rotatable bonds is 4. The molecule has 3 aromatic rings. The highest BCUT2D eigenvalue weighted by Crippen LogP contribution is 2.14. The van der Waals surface area contributed by atoms with Crippen LogP contribution in [0.3, 0.4) is 0 Å². The molecule has 0 aliphatic rings. The van der Waals surface area contributed by atoms with E-state index in [9.17, 15) is 9.59 Å². The van der Waals surface area contributed by atoms with Crippen molar-refractivity contribution in [3.8, 4) is 0 Å². The Morgan fingerprint density at radius 3 is 2.77 bits per heavy atom. The summed E-state index contributed by atoms with van der Waals surface area (Å²) in [4.78, 5) is 26.3. The Morgan fingerprint density at radius 2 is 2.00 bits per heavy atom. The molecule has 0 saturated heterocycles. The van der Waals surface area contributed by atoms with Crippen molar-refractivity contribution in [1.82, 2.24) is 10.3 Å². The van der Waals surface area contributed by atoms with E-state index in [0.717, 1.165) is 16.5 Å². The van der Waals surface area contributed by atoms with E-state index >= 15 is 0 Å². The molecule has 4 N–H and O–H groups in total. The molecule has 3 rings (SSSR count). The maximum absolute atomic E-state index is 12.2. The van der Waals surface area contributed by atoms with Gasteiger partial charge in [-0.25, -0.2) is 0 Å². The number of hydrogen-bond donors (Lipinski definition) is 3. The maximum Gasteiger partial charge on any atom is 0.267 e. The second-order valence-electron chi connectivity index (χ2n) is 4.93. The number of nitrogens with one attached hydrogen (secondary N) is 2. The van der Waals surface area contributed by atoms with Crippen LogP contribution < -0.4 is 11.1 Å². The van der Waals surface area contributed by atoms with Crippen LogP contribution >= 0.6 is 0 Å². The Bertz CT molecular complexity index is 819. The van der Waals surface area contributed by atoms with Crippen molar-refractivity contribution in [2.75, 3.05) is 0 Å². The van der Waals surface area contributed by atoms with Crippen molar-refractivity contribution in [3.63, 3.8) is 0 Å². The molecule has 22 heavy (non-hydrogen) atoms. The van der Waals surface area contributed by atoms with Crippen molar-refractivity contribution in [3.05, 3.63) is 71.4 Å². The van der Waals surface area contributed by atoms with Gasteiger partial charge in [-0.1, -0.05) is 30.3 Å². The topological polar surface area (TPSA) is 88.0 Å². The molecule has 1 heterocycles. The number of amides is 2. The first-order chi connectivity index (χ1) is 10.6. The molecule has 2 amide bonds. The fourth-order valence-electron chi connectivity index (χ4n) is 2.24. The summed E-state index contributed by atoms with van der Waals surface area (Å²) >= 11 is 0. The van der Waals surface area contributed by atoms with Gasteiger partial charge in [0.25, 0.3) is 5.91 Å². The summed E-state index contributed by atoms with van der Waals surface area (Å²) in [5, 5.41) is 3.79. The van der Waals surface area contributed by atoms with Crippen LogP contribution in [0, 0.1) is 6.07 Å². The minimum atomic E-state index is -0.538. The average molecular weight is 292 g/mol. The number of benzene rings is 2. The second kappa shape index (κ2) is 5.73. The van der Waals surface area contributed by atoms with Crippen molar-refractivity contribution >= 4 is 22.7 Å². The zero-order valence-corrected chi connectivity index (χ0v) is 11.7. The van der Waals surface area contributed by atoms with Gasteiger partial charge in [0.15, 0.2) is 0 Å². The van der Waals surface area contributed by atoms with Crippen molar-refractivity contribution in [2.45, 2.75) is 6.54 Å². The number of aromatic amines is 1. The number of hydrogen-bond acceptors (Lipinski definition) is 2. The Kier molecular flexibility index (Phi) is 3.62. The Balaban J connectivity index is 1.72. The summed E-state index contributed by atoms with van der Waals surface area (Å²) in [5.41, 5.74) is 7.72. The molecule has 0 bridgehead atoms. The number of H-pyrrole nitrogens is 1. The van der Waals surface area contributed by atoms with Crippen LogP contribution in [-0.4, -0.2) is 16.8 Å². The molecule has 1 aromatic heterocycles. The van der Waals surface area contributed by atoms with Crippen molar-refractivity contribution < 1.29 is 9.59 Å². The first-order valence-corrected chi connectivity index (χ1v) is 6.80. The average Bonchev–Trinajstić information content (AvgIpc) is 2.97. The Morgan fingerprint density at radius 1 is 1.18 bits per heavy atom. The summed E-state index contributed by atoms with van der Waals surface area (Å²) in [6, 6.07) is 17.2. The van der Waals surface area contributed by atoms with Crippen LogP contribution in [0.15, 0.2) is 48.5 Å². The van der Waals surface area contributed by atoms with Gasteiger partial charge < -0.3 is 16.0 Å². The van der Waals surface area contributed by atoms with E-state index < -0.39 is 5.91 Å². The normalized spacial score (nSPS) is 10.5. The fourth-order valence-corrected chi connectivity index (χ4v) is 2.24. The highest BCUT2D eigenvalue weighted by molar-refractivity contribution is 5.98. The van der Waals surface area contributed by atoms with Gasteiger partial charge in [0.1, 0.15) is 5.69 Å². The molecule has 5 heteroatoms. The van der Waals surface area contributed by atoms with Crippen LogP contribution in [0.25, 0.3) is 10.9 Å². The monoisotopic (exact) mass is 292 g/mol. The molecule has 1 radical (unpaired) electrons. The molecule has 0 aliphatic carbocycles. The third-order valence-corrected chi connectivity index (χ3v) is 3.36. The molecular weight excluding hydrogens is 278 g/mol. The maximum atomic E-state index is 12.2. The van der Waals surface area contributed by atoms with E-state index in [0.29, 0.717) is 17.8 Å². The summed E-state index contributed by atoms with van der Waals surface area (Å²) in [6.45, 7) is 0.309. The van der Waals surface area contributed by atoms with Gasteiger partial charge in [-0.3, -0.25) is 9.59 Å². The van der Waals surface area contributed by atoms with Crippen LogP contribution in [0.5, 0.6) is 0 Å². The summed E-state index contributed by atoms with van der Waals surface area (Å²) in [6.07, 6.45) is 0. The van der Waals surface area contributed by atoms with Gasteiger partial charge >= 0.3 is 0 Å². The van der Waals surface area contributed by atoms with Crippen LogP contribution in [0.4, 0.5) is 0 Å². The summed E-state index contributed by atoms with van der Waals surface area (Å²) in [5.74, 6) is -0.742. The number of fused-ring (bicyclic) bond motifs is 1. The fraction of sp³-hybridized carbons (Fsp3) is 0.0588. The minimum absolute atomic E-state index is 0.204. The van der Waals surface area contributed by atoms with E-state index in [-0.39, 0.29) is 5.91 Å². The minimum Gasteiger partial charge on any atom is -0.366 e. The van der Waals surface area contributed by atoms with Crippen LogP contribution in [0.1, 0.15) is 26.4 Å². The van der Waals surface area contributed by atoms with Gasteiger partial charge in [0.2, 0.25) is 5.91 Å². The number of aromatic nitrogens is 1. The molecule has 0 aliphatic heterocycles. The van der Waals surface area contributed by atoms with E-state index in [4.69, 9.17) is 5.73 Å². The molecule has 2 aromatic carbocycles. The Labute approximate surface area is 127 Å². The van der Waals surface area contributed by atoms with Gasteiger partial charge in [-0.05, 0) is 29.8 Å². The van der Waals surface area contributed by atoms with E-state index in [1.165, 1.54) is 0 Å². The molecular formula is C17H14N3O2. The lowest BCUT2D eigenvalue weighted by Crippen LogP contribution is -2.23. The van der Waals surface area contributed by atoms with Gasteiger partial charge in [0, 0.05) is 23.0 Å². The summed E-state index contributed by atoms with van der Waals surface area (Å²) in [7, 11) is 0. The number of primary amides is 1. The van der Waals surface area contributed by atoms with E-state index in [2.05, 4.69) is 16.4 Å². The molecule has 0 saturated carbocycles. The highest BCUT2D eigenvalue weighted by Gasteiger charge is 2.09. The third kappa shape index (κ3) is 2.83. The Hall–Kier alpha value is -3.08. The quantitative estimate of drug-likeness (QED) is 0.686. The first kappa shape index (κ1) is 13.9. The predicted octanol–water partition coefficient (Wildman–Crippen LogP) is 2.00. The predicted molar refractivity (Wildman–Crippen MR) is 83.3 cm³/mol. The van der Waals surface area contributed by atoms with E-state index in [1.54, 1.807) is 24.3 Å². The van der Waals surface area contributed by atoms with Crippen LogP contribution in [0.2, 0.25) is 0 Å². The lowest BCUT2D eigenvalue weighted by molar-refractivity contribution is 0.0946. The number of carbonyl (C=O) groups is 2. The standard InChI is InChI=1S/C17H14N3O2/c18-16(21)13-6-3-4-11(8-13)10-19-17(22)15-9-12-5-1-2-7-14(12)20-15/h1-5,7-9,20H,10H2,(H2,18,21)(H,19,22). The SMILES string of the molecule is NC(=O)c1[c]ccc(CNC(=O)c2cc3ccccc3[nH]2)c1. The number of nitrogens with two attached hydrogens (primary N) is 1. The number of carbonyl (C=O) groups excluding carboxylic acids is 2. The lowest BCUT2D eigenvalue weighted by Gasteiger charge is -2.05. The second-order valence-corrected chi connectivity index (χ2v) is 4.93. The largest absolute Gasteiger partial charge is 0.366 e. The van der Waals surface area contributed by atoms with Crippen molar-refractivity contribution in [1.29, 1.82) is 0 Å². The van der Waals surface area contributed by atoms with E-state index in [1.807, 2.05) is 24.3 Å². The number of para-hydroxylation sites is 1. The van der Waals surface area contributed by atoms with Gasteiger partial charge in [-0.2, -0.15) is 0 Å². The zero-order valence-electron chi connectivity index (χ0n) is 11.7. The molecule has 0 fully saturated rings. The summed E-state index contributed by atoms with van der Waals surface area (Å²) < 4.78 is 0. The van der Waals surface area contributed by atoms with Crippen molar-refractivity contribution in [2.24, 2.45) is 5.73 Å². The molecule has 0 spiro atoms. The molecule has 5 nitrogen and oxygen atoms in total. The van der Waals surface area contributed by atoms with Crippen LogP contribution in [-0.2, 0) is 6.54 Å². The molecule has 0 atom stereocenters. The highest BCUT2D eigenvalue weighted by atomic mass is 16.2. The van der Waals surface area contributed by atoms with Gasteiger partial charge in [-0.15, -0.1) is 0 Å². The molecule has 109 valence electrons.